The van der Waals surface area contributed by atoms with E-state index >= 15 is 17.6 Å². The molecule has 8 rings (SSSR count). The molecule has 0 bridgehead atoms. The van der Waals surface area contributed by atoms with Gasteiger partial charge in [0.2, 0.25) is 0 Å². The second-order valence-electron chi connectivity index (χ2n) is 14.1. The number of aromatic nitrogens is 3. The quantitative estimate of drug-likeness (QED) is 0.108. The number of aromatic hydroxyl groups is 1. The van der Waals surface area contributed by atoms with Crippen LogP contribution in [0.2, 0.25) is 0 Å². The topological polar surface area (TPSA) is 159 Å². The van der Waals surface area contributed by atoms with Gasteiger partial charge in [-0.3, -0.25) is 4.90 Å². The maximum absolute atomic E-state index is 17.2. The van der Waals surface area contributed by atoms with Gasteiger partial charge in [0.25, 0.3) is 0 Å². The molecule has 0 spiro atoms. The molecule has 282 valence electrons. The molecule has 2 saturated heterocycles. The maximum Gasteiger partial charge on any atom is 0.420 e. The SMILES string of the molecule is N#Cc1c(N)sc2c(F)ccc(-c3c(C(F)(F)F)c(O)c4c(N[C@H](CC5CC5)c5cc(F)cnc5N)nc(OC[C@@]56CCCN5C[C@H](F)C6)nc4c3F)c12. The third kappa shape index (κ3) is 6.03. The van der Waals surface area contributed by atoms with E-state index in [9.17, 15) is 23.5 Å². The molecule has 54 heavy (non-hydrogen) atoms. The Bertz CT molecular complexity index is 2380. The van der Waals surface area contributed by atoms with Gasteiger partial charge in [0.05, 0.1) is 33.4 Å². The van der Waals surface area contributed by atoms with Crippen LogP contribution in [0.1, 0.15) is 61.3 Å². The Kier molecular flexibility index (Phi) is 8.64. The molecule has 3 fully saturated rings. The summed E-state index contributed by atoms with van der Waals surface area (Å²) in [6.45, 7) is 0.678. The van der Waals surface area contributed by atoms with Crippen molar-refractivity contribution in [3.8, 4) is 29.0 Å². The predicted molar refractivity (Wildman–Crippen MR) is 187 cm³/mol. The number of phenols is 1. The van der Waals surface area contributed by atoms with Crippen LogP contribution in [0.5, 0.6) is 11.8 Å². The fourth-order valence-electron chi connectivity index (χ4n) is 8.01. The molecule has 3 aliphatic rings. The summed E-state index contributed by atoms with van der Waals surface area (Å²) in [4.78, 5) is 14.4. The van der Waals surface area contributed by atoms with Crippen LogP contribution < -0.4 is 21.5 Å². The number of nitrogens with two attached hydrogens (primary N) is 2. The van der Waals surface area contributed by atoms with Crippen molar-refractivity contribution in [3.63, 3.8) is 0 Å². The van der Waals surface area contributed by atoms with E-state index in [1.54, 1.807) is 6.07 Å². The van der Waals surface area contributed by atoms with E-state index in [0.717, 1.165) is 43.7 Å². The predicted octanol–water partition coefficient (Wildman–Crippen LogP) is 7.99. The highest BCUT2D eigenvalue weighted by molar-refractivity contribution is 7.23. The molecule has 1 saturated carbocycles. The molecule has 3 atom stereocenters. The molecule has 0 unspecified atom stereocenters. The van der Waals surface area contributed by atoms with E-state index in [2.05, 4.69) is 20.3 Å². The average Bonchev–Trinajstić information content (AvgIpc) is 3.63. The average molecular weight is 773 g/mol. The van der Waals surface area contributed by atoms with E-state index in [-0.39, 0.29) is 57.5 Å². The smallest absolute Gasteiger partial charge is 0.420 e. The molecule has 2 aromatic carbocycles. The summed E-state index contributed by atoms with van der Waals surface area (Å²) < 4.78 is 113. The fraction of sp³-hybridized carbons (Fsp3) is 0.389. The van der Waals surface area contributed by atoms with E-state index in [4.69, 9.17) is 16.2 Å². The lowest BCUT2D eigenvalue weighted by atomic mass is 9.91. The highest BCUT2D eigenvalue weighted by atomic mass is 32.1. The lowest BCUT2D eigenvalue weighted by Gasteiger charge is -2.31. The minimum Gasteiger partial charge on any atom is -0.506 e. The fourth-order valence-corrected chi connectivity index (χ4v) is 8.96. The van der Waals surface area contributed by atoms with Gasteiger partial charge in [-0.05, 0) is 49.4 Å². The number of hydrogen-bond donors (Lipinski definition) is 4. The number of fused-ring (bicyclic) bond motifs is 3. The van der Waals surface area contributed by atoms with Gasteiger partial charge in [0, 0.05) is 29.5 Å². The zero-order valence-corrected chi connectivity index (χ0v) is 29.0. The number of nitrogens with one attached hydrogen (secondary N) is 1. The molecule has 5 heterocycles. The Hall–Kier alpha value is -5.15. The molecular formula is C36H31F7N8O2S. The van der Waals surface area contributed by atoms with E-state index in [1.807, 2.05) is 4.90 Å². The van der Waals surface area contributed by atoms with Crippen molar-refractivity contribution in [3.05, 3.63) is 58.5 Å². The van der Waals surface area contributed by atoms with Crippen LogP contribution in [-0.4, -0.2) is 56.4 Å². The number of pyridine rings is 1. The van der Waals surface area contributed by atoms with Gasteiger partial charge in [-0.15, -0.1) is 11.3 Å². The third-order valence-electron chi connectivity index (χ3n) is 10.6. The van der Waals surface area contributed by atoms with Gasteiger partial charge in [-0.1, -0.05) is 18.9 Å². The van der Waals surface area contributed by atoms with Crippen LogP contribution in [0.4, 0.5) is 47.4 Å². The Balaban J connectivity index is 1.37. The number of nitriles is 1. The Morgan fingerprint density at radius 1 is 1.17 bits per heavy atom. The Morgan fingerprint density at radius 3 is 2.67 bits per heavy atom. The van der Waals surface area contributed by atoms with Crippen molar-refractivity contribution in [1.82, 2.24) is 19.9 Å². The molecule has 0 amide bonds. The number of nitrogens with zero attached hydrogens (tertiary/aromatic N) is 5. The van der Waals surface area contributed by atoms with Gasteiger partial charge in [0.1, 0.15) is 63.9 Å². The maximum atomic E-state index is 17.2. The number of nitrogen functional groups attached to an aromatic ring is 2. The first kappa shape index (κ1) is 35.9. The molecule has 6 N–H and O–H groups in total. The molecule has 10 nitrogen and oxygen atoms in total. The van der Waals surface area contributed by atoms with Crippen molar-refractivity contribution in [2.75, 3.05) is 36.5 Å². The van der Waals surface area contributed by atoms with Crippen LogP contribution in [-0.2, 0) is 6.18 Å². The summed E-state index contributed by atoms with van der Waals surface area (Å²) in [5, 5.41) is 23.1. The summed E-state index contributed by atoms with van der Waals surface area (Å²) in [6, 6.07) is 3.11. The second kappa shape index (κ2) is 13.0. The summed E-state index contributed by atoms with van der Waals surface area (Å²) in [5.74, 6) is -5.17. The lowest BCUT2D eigenvalue weighted by molar-refractivity contribution is -0.138. The van der Waals surface area contributed by atoms with E-state index in [0.29, 0.717) is 30.7 Å². The van der Waals surface area contributed by atoms with Gasteiger partial charge in [0.15, 0.2) is 5.82 Å². The first-order chi connectivity index (χ1) is 25.7. The lowest BCUT2D eigenvalue weighted by Crippen LogP contribution is -2.43. The summed E-state index contributed by atoms with van der Waals surface area (Å²) in [7, 11) is 0. The molecule has 2 aliphatic heterocycles. The number of rotatable bonds is 9. The molecule has 5 aromatic rings. The zero-order valence-electron chi connectivity index (χ0n) is 28.2. The highest BCUT2D eigenvalue weighted by Crippen LogP contribution is 2.53. The van der Waals surface area contributed by atoms with Crippen LogP contribution in [0.15, 0.2) is 24.4 Å². The van der Waals surface area contributed by atoms with Crippen molar-refractivity contribution in [1.29, 1.82) is 5.26 Å². The van der Waals surface area contributed by atoms with Crippen molar-refractivity contribution >= 4 is 49.0 Å². The van der Waals surface area contributed by atoms with Crippen molar-refractivity contribution < 1.29 is 40.6 Å². The number of thiophene rings is 1. The number of anilines is 3. The normalized spacial score (nSPS) is 20.7. The Labute approximate surface area is 306 Å². The highest BCUT2D eigenvalue weighted by Gasteiger charge is 2.49. The molecule has 1 aliphatic carbocycles. The number of ether oxygens (including phenoxy) is 1. The van der Waals surface area contributed by atoms with Crippen molar-refractivity contribution in [2.45, 2.75) is 62.5 Å². The summed E-state index contributed by atoms with van der Waals surface area (Å²) >= 11 is 0.599. The van der Waals surface area contributed by atoms with Crippen LogP contribution in [0.25, 0.3) is 32.1 Å². The number of halogens is 7. The van der Waals surface area contributed by atoms with E-state index in [1.165, 1.54) is 0 Å². The minimum atomic E-state index is -5.43. The zero-order chi connectivity index (χ0) is 38.3. The van der Waals surface area contributed by atoms with E-state index < -0.39 is 86.6 Å². The summed E-state index contributed by atoms with van der Waals surface area (Å²) in [5.41, 5.74) is 6.68. The van der Waals surface area contributed by atoms with Gasteiger partial charge in [-0.25, -0.2) is 22.5 Å². The number of phenolic OH excluding ortho intramolecular Hbond substituents is 1. The monoisotopic (exact) mass is 772 g/mol. The van der Waals surface area contributed by atoms with Gasteiger partial charge >= 0.3 is 12.2 Å². The summed E-state index contributed by atoms with van der Waals surface area (Å²) in [6.07, 6.45) is -2.24. The first-order valence-corrected chi connectivity index (χ1v) is 17.9. The van der Waals surface area contributed by atoms with Crippen molar-refractivity contribution in [2.24, 2.45) is 5.92 Å². The van der Waals surface area contributed by atoms with Crippen LogP contribution >= 0.6 is 11.3 Å². The van der Waals surface area contributed by atoms with Crippen LogP contribution in [0, 0.1) is 34.7 Å². The van der Waals surface area contributed by atoms with Crippen LogP contribution in [0.3, 0.4) is 0 Å². The van der Waals surface area contributed by atoms with Gasteiger partial charge in [-0.2, -0.15) is 28.4 Å². The number of alkyl halides is 4. The van der Waals surface area contributed by atoms with Gasteiger partial charge < -0.3 is 26.6 Å². The third-order valence-corrected chi connectivity index (χ3v) is 11.6. The number of benzene rings is 2. The first-order valence-electron chi connectivity index (χ1n) is 17.1. The standard InChI is InChI=1S/C36H31F7N8O2S/c37-16-9-19(31(45)47-12-16)22(8-15-2-3-15)48-33-25-28(49-34(50-33)53-14-35-6-1-7-51(35)13-17(38)10-35)27(40)24(26(29(25)52)36(41,42)43)18-4-5-21(39)30-23(18)20(11-44)32(46)54-30/h4-5,9,12,15,17,22,52H,1-3,6-8,10,13-14,46H2,(H2,45,47)(H,48,49,50)/t17-,22-,35+/m1/s1. The molecular weight excluding hydrogens is 742 g/mol. The Morgan fingerprint density at radius 2 is 1.94 bits per heavy atom. The minimum absolute atomic E-state index is 0.0795. The largest absolute Gasteiger partial charge is 0.506 e. The molecule has 0 radical (unpaired) electrons. The molecule has 18 heteroatoms. The molecule has 3 aromatic heterocycles. The number of hydrogen-bond acceptors (Lipinski definition) is 11. The second-order valence-corrected chi connectivity index (χ2v) is 15.2.